The lowest BCUT2D eigenvalue weighted by Crippen LogP contribution is -1.97. The number of halogens is 2. The molecule has 0 radical (unpaired) electrons. The molecule has 0 unspecified atom stereocenters. The number of nitrogens with one attached hydrogen (secondary N) is 2. The molecule has 11 heteroatoms. The SMILES string of the molecule is CSC(=N)c1cncc(Cl)c1.Clc1cncc(-c2ncn[nH]2)c1.NCC=O. The number of H-pyrrole nitrogens is 1. The van der Waals surface area contributed by atoms with Crippen LogP contribution in [-0.4, -0.2) is 49.3 Å². The average Bonchev–Trinajstić information content (AvgIpc) is 3.23. The molecule has 3 aromatic heterocycles. The van der Waals surface area contributed by atoms with Crippen LogP contribution in [0.4, 0.5) is 0 Å². The Labute approximate surface area is 170 Å². The first-order valence-electron chi connectivity index (χ1n) is 7.35. The number of rotatable bonds is 3. The van der Waals surface area contributed by atoms with Crippen molar-refractivity contribution in [3.05, 3.63) is 58.9 Å². The monoisotopic (exact) mass is 425 g/mol. The van der Waals surface area contributed by atoms with Crippen molar-refractivity contribution in [1.82, 2.24) is 25.1 Å². The van der Waals surface area contributed by atoms with Gasteiger partial charge in [0.15, 0.2) is 5.82 Å². The van der Waals surface area contributed by atoms with E-state index < -0.39 is 0 Å². The number of hydrogen-bond donors (Lipinski definition) is 3. The summed E-state index contributed by atoms with van der Waals surface area (Å²) in [5.74, 6) is 0.671. The van der Waals surface area contributed by atoms with Crippen LogP contribution in [0.1, 0.15) is 5.56 Å². The summed E-state index contributed by atoms with van der Waals surface area (Å²) in [6.07, 6.45) is 10.4. The highest BCUT2D eigenvalue weighted by Crippen LogP contribution is 2.16. The van der Waals surface area contributed by atoms with Crippen LogP contribution in [0.5, 0.6) is 0 Å². The molecule has 0 fully saturated rings. The smallest absolute Gasteiger partial charge is 0.157 e. The molecular weight excluding hydrogens is 409 g/mol. The van der Waals surface area contributed by atoms with Crippen molar-refractivity contribution >= 4 is 46.3 Å². The number of aromatic nitrogens is 5. The standard InChI is InChI=1S/C7H5ClN4.C7H7ClN2S.C2H5NO/c8-6-1-5(2-9-3-6)7-10-4-11-12-7;1-11-7(9)5-2-6(8)4-10-3-5;3-1-2-4/h1-4H,(H,10,11,12);2-4,9H,1H3;2H,1,3H2. The minimum atomic E-state index is 0.139. The molecule has 0 aromatic carbocycles. The van der Waals surface area contributed by atoms with Crippen molar-refractivity contribution in [1.29, 1.82) is 5.41 Å². The number of hydrogen-bond acceptors (Lipinski definition) is 8. The number of carbonyl (C=O) groups is 1. The fourth-order valence-corrected chi connectivity index (χ4v) is 2.23. The second-order valence-corrected chi connectivity index (χ2v) is 6.24. The molecule has 0 aliphatic rings. The van der Waals surface area contributed by atoms with E-state index in [9.17, 15) is 0 Å². The van der Waals surface area contributed by atoms with Crippen LogP contribution in [0.2, 0.25) is 10.0 Å². The molecular formula is C16H17Cl2N7OS. The van der Waals surface area contributed by atoms with Gasteiger partial charge in [-0.1, -0.05) is 23.2 Å². The van der Waals surface area contributed by atoms with Crippen molar-refractivity contribution < 1.29 is 4.79 Å². The molecule has 0 saturated carbocycles. The van der Waals surface area contributed by atoms with Gasteiger partial charge in [-0.25, -0.2) is 4.98 Å². The van der Waals surface area contributed by atoms with Gasteiger partial charge in [0.25, 0.3) is 0 Å². The first-order valence-corrected chi connectivity index (χ1v) is 9.33. The zero-order chi connectivity index (χ0) is 20.1. The molecule has 0 spiro atoms. The summed E-state index contributed by atoms with van der Waals surface area (Å²) in [7, 11) is 0. The zero-order valence-electron chi connectivity index (χ0n) is 14.3. The number of nitrogens with two attached hydrogens (primary N) is 1. The summed E-state index contributed by atoms with van der Waals surface area (Å²) in [5.41, 5.74) is 6.26. The maximum Gasteiger partial charge on any atom is 0.157 e. The van der Waals surface area contributed by atoms with E-state index in [1.54, 1.807) is 36.9 Å². The Morgan fingerprint density at radius 1 is 1.22 bits per heavy atom. The number of aldehydes is 1. The molecule has 0 aliphatic heterocycles. The number of pyridine rings is 2. The van der Waals surface area contributed by atoms with Crippen LogP contribution in [0.15, 0.2) is 43.2 Å². The van der Waals surface area contributed by atoms with E-state index in [4.69, 9.17) is 33.4 Å². The van der Waals surface area contributed by atoms with Gasteiger partial charge in [0, 0.05) is 42.5 Å². The predicted molar refractivity (Wildman–Crippen MR) is 109 cm³/mol. The Hall–Kier alpha value is -2.33. The number of carbonyl (C=O) groups excluding carboxylic acids is 1. The lowest BCUT2D eigenvalue weighted by atomic mass is 10.3. The van der Waals surface area contributed by atoms with Crippen molar-refractivity contribution in [3.8, 4) is 11.4 Å². The fourth-order valence-electron chi connectivity index (χ4n) is 1.54. The maximum absolute atomic E-state index is 9.05. The Morgan fingerprint density at radius 2 is 1.85 bits per heavy atom. The number of thioether (sulfide) groups is 1. The zero-order valence-corrected chi connectivity index (χ0v) is 16.6. The van der Waals surface area contributed by atoms with Crippen molar-refractivity contribution in [2.45, 2.75) is 0 Å². The van der Waals surface area contributed by atoms with Gasteiger partial charge in [-0.2, -0.15) is 5.10 Å². The summed E-state index contributed by atoms with van der Waals surface area (Å²) < 4.78 is 0. The largest absolute Gasteiger partial charge is 0.324 e. The minimum Gasteiger partial charge on any atom is -0.324 e. The molecule has 142 valence electrons. The molecule has 3 rings (SSSR count). The van der Waals surface area contributed by atoms with E-state index in [2.05, 4.69) is 30.9 Å². The first kappa shape index (κ1) is 22.7. The van der Waals surface area contributed by atoms with Gasteiger partial charge in [-0.15, -0.1) is 11.8 Å². The maximum atomic E-state index is 9.05. The van der Waals surface area contributed by atoms with E-state index in [0.29, 0.717) is 27.2 Å². The average molecular weight is 426 g/mol. The van der Waals surface area contributed by atoms with Crippen LogP contribution < -0.4 is 5.73 Å². The normalized spacial score (nSPS) is 9.33. The van der Waals surface area contributed by atoms with Crippen LogP contribution in [-0.2, 0) is 4.79 Å². The molecule has 0 bridgehead atoms. The molecule has 27 heavy (non-hydrogen) atoms. The Bertz CT molecular complexity index is 846. The van der Waals surface area contributed by atoms with Crippen LogP contribution >= 0.6 is 35.0 Å². The van der Waals surface area contributed by atoms with Crippen LogP contribution in [0, 0.1) is 5.41 Å². The quantitative estimate of drug-likeness (QED) is 0.333. The first-order chi connectivity index (χ1) is 13.0. The topological polar surface area (TPSA) is 134 Å². The molecule has 0 amide bonds. The Kier molecular flexibility index (Phi) is 10.9. The Balaban J connectivity index is 0.000000227. The third kappa shape index (κ3) is 8.74. The number of aromatic amines is 1. The highest BCUT2D eigenvalue weighted by molar-refractivity contribution is 8.13. The van der Waals surface area contributed by atoms with Crippen LogP contribution in [0.25, 0.3) is 11.4 Å². The van der Waals surface area contributed by atoms with Crippen molar-refractivity contribution in [2.75, 3.05) is 12.8 Å². The third-order valence-electron chi connectivity index (χ3n) is 2.66. The van der Waals surface area contributed by atoms with Crippen LogP contribution in [0.3, 0.4) is 0 Å². The summed E-state index contributed by atoms with van der Waals surface area (Å²) in [5, 5.41) is 15.5. The Morgan fingerprint density at radius 3 is 2.33 bits per heavy atom. The van der Waals surface area contributed by atoms with E-state index in [1.807, 2.05) is 6.26 Å². The summed E-state index contributed by atoms with van der Waals surface area (Å²) in [4.78, 5) is 20.8. The van der Waals surface area contributed by atoms with Gasteiger partial charge >= 0.3 is 0 Å². The van der Waals surface area contributed by atoms with Gasteiger partial charge < -0.3 is 10.5 Å². The fraction of sp³-hybridized carbons (Fsp3) is 0.125. The van der Waals surface area contributed by atoms with Crippen molar-refractivity contribution in [3.63, 3.8) is 0 Å². The highest BCUT2D eigenvalue weighted by Gasteiger charge is 2.00. The summed E-state index contributed by atoms with van der Waals surface area (Å²) in [6, 6.07) is 3.50. The lowest BCUT2D eigenvalue weighted by molar-refractivity contribution is -0.106. The molecule has 4 N–H and O–H groups in total. The third-order valence-corrected chi connectivity index (χ3v) is 3.72. The number of nitrogens with zero attached hydrogens (tertiary/aromatic N) is 4. The van der Waals surface area contributed by atoms with E-state index >= 15 is 0 Å². The van der Waals surface area contributed by atoms with Gasteiger partial charge in [-0.05, 0) is 18.4 Å². The highest BCUT2D eigenvalue weighted by atomic mass is 35.5. The lowest BCUT2D eigenvalue weighted by Gasteiger charge is -1.98. The van der Waals surface area contributed by atoms with E-state index in [-0.39, 0.29) is 6.54 Å². The van der Waals surface area contributed by atoms with Crippen molar-refractivity contribution in [2.24, 2.45) is 5.73 Å². The van der Waals surface area contributed by atoms with E-state index in [1.165, 1.54) is 18.1 Å². The molecule has 0 aliphatic carbocycles. The molecule has 8 nitrogen and oxygen atoms in total. The predicted octanol–water partition coefficient (Wildman–Crippen LogP) is 3.09. The molecule has 0 saturated heterocycles. The van der Waals surface area contributed by atoms with Gasteiger partial charge in [0.05, 0.1) is 15.1 Å². The van der Waals surface area contributed by atoms with Gasteiger partial charge in [0.2, 0.25) is 0 Å². The van der Waals surface area contributed by atoms with Gasteiger partial charge in [-0.3, -0.25) is 20.5 Å². The summed E-state index contributed by atoms with van der Waals surface area (Å²) in [6.45, 7) is 0.139. The molecule has 0 atom stereocenters. The second-order valence-electron chi connectivity index (χ2n) is 4.55. The molecule has 3 aromatic rings. The second kappa shape index (κ2) is 12.9. The van der Waals surface area contributed by atoms with E-state index in [0.717, 1.165) is 11.1 Å². The summed E-state index contributed by atoms with van der Waals surface area (Å²) >= 11 is 12.8. The van der Waals surface area contributed by atoms with Gasteiger partial charge in [0.1, 0.15) is 12.6 Å². The minimum absolute atomic E-state index is 0.139. The molecule has 3 heterocycles.